The fraction of sp³-hybridized carbons (Fsp3) is 0.0488. The summed E-state index contributed by atoms with van der Waals surface area (Å²) in [4.78, 5) is 16.3. The predicted octanol–water partition coefficient (Wildman–Crippen LogP) is 10.2. The molecule has 0 aliphatic rings. The maximum Gasteiger partial charge on any atom is 0.109 e. The van der Waals surface area contributed by atoms with Crippen LogP contribution in [-0.4, -0.2) is 28.3 Å². The SMILES string of the molecule is CP(C)(=O)c1cccc(-c2nc(-c3ccccc3)c(-c3ccccc3)nc2-c2c3ccccc3nc3c2ccc2ccccc23)c1. The molecule has 0 saturated carbocycles. The van der Waals surface area contributed by atoms with E-state index in [1.54, 1.807) is 0 Å². The normalized spacial score (nSPS) is 11.8. The maximum atomic E-state index is 13.3. The van der Waals surface area contributed by atoms with Crippen molar-refractivity contribution in [1.82, 2.24) is 15.0 Å². The number of aromatic nitrogens is 3. The van der Waals surface area contributed by atoms with E-state index in [2.05, 4.69) is 78.9 Å². The highest BCUT2D eigenvalue weighted by atomic mass is 31.2. The van der Waals surface area contributed by atoms with Gasteiger partial charge in [-0.3, -0.25) is 0 Å². The Morgan fingerprint density at radius 3 is 1.72 bits per heavy atom. The van der Waals surface area contributed by atoms with Gasteiger partial charge in [-0.2, -0.15) is 0 Å². The van der Waals surface area contributed by atoms with E-state index in [1.807, 2.05) is 80.1 Å². The predicted molar refractivity (Wildman–Crippen MR) is 193 cm³/mol. The van der Waals surface area contributed by atoms with Crippen LogP contribution in [-0.2, 0) is 4.57 Å². The van der Waals surface area contributed by atoms with Crippen LogP contribution in [0.5, 0.6) is 0 Å². The summed E-state index contributed by atoms with van der Waals surface area (Å²) in [6.07, 6.45) is 0. The molecule has 0 atom stereocenters. The van der Waals surface area contributed by atoms with Crippen LogP contribution in [0, 0.1) is 0 Å². The van der Waals surface area contributed by atoms with Gasteiger partial charge in [0.15, 0.2) is 0 Å². The molecule has 220 valence electrons. The average Bonchev–Trinajstić information content (AvgIpc) is 3.10. The van der Waals surface area contributed by atoms with Crippen molar-refractivity contribution in [2.75, 3.05) is 13.3 Å². The van der Waals surface area contributed by atoms with Gasteiger partial charge in [-0.05, 0) is 30.8 Å². The van der Waals surface area contributed by atoms with Crippen LogP contribution < -0.4 is 5.30 Å². The molecule has 0 aliphatic carbocycles. The lowest BCUT2D eigenvalue weighted by Gasteiger charge is -2.19. The number of benzene rings is 6. The highest BCUT2D eigenvalue weighted by molar-refractivity contribution is 7.70. The Morgan fingerprint density at radius 1 is 0.457 bits per heavy atom. The van der Waals surface area contributed by atoms with Crippen molar-refractivity contribution in [3.63, 3.8) is 0 Å². The second kappa shape index (κ2) is 11.2. The summed E-state index contributed by atoms with van der Waals surface area (Å²) in [6.45, 7) is 3.61. The van der Waals surface area contributed by atoms with Crippen LogP contribution >= 0.6 is 7.14 Å². The van der Waals surface area contributed by atoms with Gasteiger partial charge in [-0.15, -0.1) is 0 Å². The number of pyridine rings is 1. The minimum Gasteiger partial charge on any atom is -0.319 e. The monoisotopic (exact) mass is 611 g/mol. The van der Waals surface area contributed by atoms with Crippen LogP contribution in [0.3, 0.4) is 0 Å². The van der Waals surface area contributed by atoms with Gasteiger partial charge in [0.05, 0.1) is 33.8 Å². The lowest BCUT2D eigenvalue weighted by Crippen LogP contribution is -2.05. The number of nitrogens with zero attached hydrogens (tertiary/aromatic N) is 3. The fourth-order valence-electron chi connectivity index (χ4n) is 6.27. The van der Waals surface area contributed by atoms with Gasteiger partial charge in [0.25, 0.3) is 0 Å². The molecular weight excluding hydrogens is 581 g/mol. The number of hydrogen-bond acceptors (Lipinski definition) is 4. The number of fused-ring (bicyclic) bond motifs is 4. The quantitative estimate of drug-likeness (QED) is 0.110. The molecule has 0 N–H and O–H groups in total. The highest BCUT2D eigenvalue weighted by Crippen LogP contribution is 2.44. The topological polar surface area (TPSA) is 55.7 Å². The summed E-state index contributed by atoms with van der Waals surface area (Å²) in [5, 5.41) is 5.04. The van der Waals surface area contributed by atoms with Crippen LogP contribution in [0.25, 0.3) is 77.6 Å². The molecule has 0 bridgehead atoms. The van der Waals surface area contributed by atoms with E-state index in [4.69, 9.17) is 15.0 Å². The first-order valence-corrected chi connectivity index (χ1v) is 18.0. The van der Waals surface area contributed by atoms with Gasteiger partial charge in [0.2, 0.25) is 0 Å². The minimum absolute atomic E-state index is 0.736. The standard InChI is InChI=1S/C41H30N3OP/c1-46(2,45)31-20-13-19-30(26-31)39-41(44-38(29-17-7-4-8-18-29)37(43-39)28-15-5-3-6-16-28)36-33-22-11-12-23-35(33)42-40-32-21-10-9-14-27(32)24-25-34(36)40/h3-26H,1-2H3. The lowest BCUT2D eigenvalue weighted by atomic mass is 9.93. The second-order valence-corrected chi connectivity index (χ2v) is 15.2. The average molecular weight is 612 g/mol. The molecule has 5 heteroatoms. The van der Waals surface area contributed by atoms with Crippen molar-refractivity contribution in [3.05, 3.63) is 146 Å². The Bertz CT molecular complexity index is 2470. The van der Waals surface area contributed by atoms with E-state index in [-0.39, 0.29) is 0 Å². The van der Waals surface area contributed by atoms with Gasteiger partial charge in [-0.25, -0.2) is 15.0 Å². The van der Waals surface area contributed by atoms with E-state index in [1.165, 1.54) is 0 Å². The third kappa shape index (κ3) is 4.88. The Labute approximate surface area is 267 Å². The summed E-state index contributed by atoms with van der Waals surface area (Å²) in [6, 6.07) is 49.4. The van der Waals surface area contributed by atoms with Crippen molar-refractivity contribution in [3.8, 4) is 45.0 Å². The van der Waals surface area contributed by atoms with Gasteiger partial charge < -0.3 is 4.57 Å². The molecule has 2 heterocycles. The zero-order valence-electron chi connectivity index (χ0n) is 25.6. The first-order chi connectivity index (χ1) is 22.5. The van der Waals surface area contributed by atoms with Crippen LogP contribution in [0.4, 0.5) is 0 Å². The zero-order chi connectivity index (χ0) is 31.3. The summed E-state index contributed by atoms with van der Waals surface area (Å²) >= 11 is 0. The third-order valence-electron chi connectivity index (χ3n) is 8.54. The van der Waals surface area contributed by atoms with Crippen LogP contribution in [0.1, 0.15) is 0 Å². The number of para-hydroxylation sites is 1. The summed E-state index contributed by atoms with van der Waals surface area (Å²) in [5.41, 5.74) is 8.71. The zero-order valence-corrected chi connectivity index (χ0v) is 26.4. The molecule has 8 aromatic rings. The van der Waals surface area contributed by atoms with E-state index in [0.717, 1.165) is 82.9 Å². The first-order valence-electron chi connectivity index (χ1n) is 15.4. The molecule has 0 fully saturated rings. The molecule has 0 saturated heterocycles. The molecule has 2 aromatic heterocycles. The van der Waals surface area contributed by atoms with Gasteiger partial charge in [0, 0.05) is 43.7 Å². The largest absolute Gasteiger partial charge is 0.319 e. The number of rotatable bonds is 5. The Kier molecular flexibility index (Phi) is 6.82. The van der Waals surface area contributed by atoms with Gasteiger partial charge in [-0.1, -0.05) is 133 Å². The summed E-state index contributed by atoms with van der Waals surface area (Å²) in [5.74, 6) is 0. The molecule has 6 aromatic carbocycles. The Hall–Kier alpha value is -5.44. The van der Waals surface area contributed by atoms with Crippen molar-refractivity contribution in [2.45, 2.75) is 0 Å². The molecule has 0 amide bonds. The van der Waals surface area contributed by atoms with E-state index >= 15 is 0 Å². The minimum atomic E-state index is -2.54. The Morgan fingerprint density at radius 2 is 1.02 bits per heavy atom. The maximum absolute atomic E-state index is 13.3. The van der Waals surface area contributed by atoms with Crippen LogP contribution in [0.2, 0.25) is 0 Å². The van der Waals surface area contributed by atoms with Crippen LogP contribution in [0.15, 0.2) is 146 Å². The lowest BCUT2D eigenvalue weighted by molar-refractivity contribution is 0.588. The molecule has 46 heavy (non-hydrogen) atoms. The van der Waals surface area contributed by atoms with Gasteiger partial charge in [0.1, 0.15) is 7.14 Å². The molecule has 0 radical (unpaired) electrons. The molecular formula is C41H30N3OP. The molecule has 0 spiro atoms. The number of hydrogen-bond donors (Lipinski definition) is 0. The van der Waals surface area contributed by atoms with Crippen molar-refractivity contribution < 1.29 is 4.57 Å². The Balaban J connectivity index is 1.57. The molecule has 0 aliphatic heterocycles. The second-order valence-electron chi connectivity index (χ2n) is 11.9. The first kappa shape index (κ1) is 28.1. The van der Waals surface area contributed by atoms with Crippen molar-refractivity contribution in [1.29, 1.82) is 0 Å². The summed E-state index contributed by atoms with van der Waals surface area (Å²) in [7, 11) is -2.54. The van der Waals surface area contributed by atoms with E-state index in [9.17, 15) is 4.57 Å². The molecule has 8 rings (SSSR count). The van der Waals surface area contributed by atoms with E-state index in [0.29, 0.717) is 0 Å². The van der Waals surface area contributed by atoms with Crippen molar-refractivity contribution >= 4 is 45.0 Å². The highest BCUT2D eigenvalue weighted by Gasteiger charge is 2.24. The third-order valence-corrected chi connectivity index (χ3v) is 10.1. The molecule has 0 unspecified atom stereocenters. The van der Waals surface area contributed by atoms with Crippen molar-refractivity contribution in [2.24, 2.45) is 0 Å². The smallest absolute Gasteiger partial charge is 0.109 e. The van der Waals surface area contributed by atoms with Gasteiger partial charge >= 0.3 is 0 Å². The fourth-order valence-corrected chi connectivity index (χ4v) is 7.17. The molecule has 4 nitrogen and oxygen atoms in total. The van der Waals surface area contributed by atoms with E-state index < -0.39 is 7.14 Å². The summed E-state index contributed by atoms with van der Waals surface area (Å²) < 4.78 is 13.3.